The summed E-state index contributed by atoms with van der Waals surface area (Å²) < 4.78 is 1.75. The number of carboxylic acid groups (broad SMARTS) is 1. The predicted molar refractivity (Wildman–Crippen MR) is 132 cm³/mol. The molecule has 4 rings (SSSR count). The van der Waals surface area contributed by atoms with E-state index in [2.05, 4.69) is 5.32 Å². The quantitative estimate of drug-likeness (QED) is 0.405. The van der Waals surface area contributed by atoms with Gasteiger partial charge in [-0.05, 0) is 86.9 Å². The van der Waals surface area contributed by atoms with Gasteiger partial charge in [-0.25, -0.2) is 14.5 Å². The Labute approximate surface area is 206 Å². The first-order chi connectivity index (χ1) is 16.5. The fourth-order valence-corrected chi connectivity index (χ4v) is 4.45. The van der Waals surface area contributed by atoms with Gasteiger partial charge in [0.05, 0.1) is 22.0 Å². The Balaban J connectivity index is 1.80. The molecule has 1 saturated heterocycles. The summed E-state index contributed by atoms with van der Waals surface area (Å²) in [5.41, 5.74) is 4.32. The maximum atomic E-state index is 13.3. The van der Waals surface area contributed by atoms with Crippen molar-refractivity contribution < 1.29 is 24.3 Å². The van der Waals surface area contributed by atoms with Gasteiger partial charge in [0.1, 0.15) is 5.57 Å². The minimum atomic E-state index is -1.09. The van der Waals surface area contributed by atoms with Crippen LogP contribution < -0.4 is 10.2 Å². The molecule has 1 fully saturated rings. The van der Waals surface area contributed by atoms with E-state index >= 15 is 0 Å². The van der Waals surface area contributed by atoms with Crippen molar-refractivity contribution in [2.75, 3.05) is 4.90 Å². The normalized spacial score (nSPS) is 15.1. The van der Waals surface area contributed by atoms with Crippen LogP contribution in [0.5, 0.6) is 0 Å². The molecule has 35 heavy (non-hydrogen) atoms. The second kappa shape index (κ2) is 8.88. The third-order valence-electron chi connectivity index (χ3n) is 5.77. The molecule has 2 heterocycles. The molecule has 2 N–H and O–H groups in total. The van der Waals surface area contributed by atoms with Crippen molar-refractivity contribution in [1.29, 1.82) is 0 Å². The van der Waals surface area contributed by atoms with Gasteiger partial charge >= 0.3 is 12.0 Å². The first-order valence-corrected chi connectivity index (χ1v) is 11.1. The molecule has 1 aliphatic heterocycles. The highest BCUT2D eigenvalue weighted by Crippen LogP contribution is 2.30. The molecule has 8 nitrogen and oxygen atoms in total. The van der Waals surface area contributed by atoms with Gasteiger partial charge in [-0.1, -0.05) is 17.7 Å². The number of imide groups is 2. The molecule has 3 aromatic rings. The highest BCUT2D eigenvalue weighted by Gasteiger charge is 2.37. The van der Waals surface area contributed by atoms with Crippen molar-refractivity contribution in [3.8, 4) is 5.69 Å². The van der Waals surface area contributed by atoms with E-state index in [0.717, 1.165) is 16.0 Å². The monoisotopic (exact) mass is 491 g/mol. The fraction of sp³-hybridized carbons (Fsp3) is 0.154. The van der Waals surface area contributed by atoms with Crippen LogP contribution in [-0.2, 0) is 9.59 Å². The number of barbiturate groups is 1. The van der Waals surface area contributed by atoms with E-state index in [4.69, 9.17) is 11.6 Å². The van der Waals surface area contributed by atoms with Crippen LogP contribution in [0.4, 0.5) is 10.5 Å². The Bertz CT molecular complexity index is 1450. The summed E-state index contributed by atoms with van der Waals surface area (Å²) in [6.45, 7) is 7.27. The average Bonchev–Trinajstić information content (AvgIpc) is 3.03. The van der Waals surface area contributed by atoms with E-state index in [9.17, 15) is 24.3 Å². The second-order valence-electron chi connectivity index (χ2n) is 8.44. The zero-order chi connectivity index (χ0) is 25.6. The molecule has 1 aliphatic rings. The maximum absolute atomic E-state index is 13.3. The first-order valence-electron chi connectivity index (χ1n) is 10.7. The Morgan fingerprint density at radius 1 is 0.971 bits per heavy atom. The molecule has 0 atom stereocenters. The minimum absolute atomic E-state index is 0.0706. The molecule has 0 bridgehead atoms. The van der Waals surface area contributed by atoms with Crippen LogP contribution in [0.1, 0.15) is 38.4 Å². The number of nitrogens with one attached hydrogen (secondary N) is 1. The van der Waals surface area contributed by atoms with Crippen molar-refractivity contribution in [3.63, 3.8) is 0 Å². The molecule has 9 heteroatoms. The van der Waals surface area contributed by atoms with Crippen LogP contribution in [-0.4, -0.2) is 33.5 Å². The number of benzene rings is 2. The lowest BCUT2D eigenvalue weighted by Gasteiger charge is -2.27. The molecule has 0 saturated carbocycles. The summed E-state index contributed by atoms with van der Waals surface area (Å²) >= 11 is 6.36. The lowest BCUT2D eigenvalue weighted by Crippen LogP contribution is -2.54. The van der Waals surface area contributed by atoms with Crippen LogP contribution in [0.2, 0.25) is 5.02 Å². The fourth-order valence-electron chi connectivity index (χ4n) is 4.25. The predicted octanol–water partition coefficient (Wildman–Crippen LogP) is 4.73. The molecular formula is C26H22ClN3O5. The number of hydrogen-bond acceptors (Lipinski definition) is 4. The van der Waals surface area contributed by atoms with Crippen LogP contribution in [0.3, 0.4) is 0 Å². The number of urea groups is 1. The number of amides is 4. The number of halogens is 1. The van der Waals surface area contributed by atoms with Crippen molar-refractivity contribution in [2.24, 2.45) is 0 Å². The van der Waals surface area contributed by atoms with Crippen molar-refractivity contribution in [2.45, 2.75) is 27.7 Å². The Morgan fingerprint density at radius 2 is 1.63 bits per heavy atom. The molecule has 0 radical (unpaired) electrons. The number of aryl methyl sites for hydroxylation is 3. The van der Waals surface area contributed by atoms with E-state index in [1.165, 1.54) is 24.3 Å². The summed E-state index contributed by atoms with van der Waals surface area (Å²) in [6, 6.07) is 10.6. The number of hydrogen-bond donors (Lipinski definition) is 2. The summed E-state index contributed by atoms with van der Waals surface area (Å²) in [7, 11) is 0. The summed E-state index contributed by atoms with van der Waals surface area (Å²) in [6.07, 6.45) is 1.42. The molecule has 178 valence electrons. The van der Waals surface area contributed by atoms with Crippen molar-refractivity contribution in [3.05, 3.63) is 86.7 Å². The van der Waals surface area contributed by atoms with E-state index in [-0.39, 0.29) is 11.1 Å². The number of rotatable bonds is 4. The number of anilines is 1. The van der Waals surface area contributed by atoms with Gasteiger partial charge in [-0.3, -0.25) is 14.9 Å². The molecular weight excluding hydrogens is 470 g/mol. The van der Waals surface area contributed by atoms with Gasteiger partial charge in [0, 0.05) is 11.4 Å². The molecule has 0 unspecified atom stereocenters. The van der Waals surface area contributed by atoms with Gasteiger partial charge in [0.2, 0.25) is 0 Å². The topological polar surface area (TPSA) is 109 Å². The van der Waals surface area contributed by atoms with E-state index in [1.807, 2.05) is 19.9 Å². The largest absolute Gasteiger partial charge is 0.478 e. The van der Waals surface area contributed by atoms with Crippen molar-refractivity contribution >= 4 is 47.2 Å². The van der Waals surface area contributed by atoms with Crippen LogP contribution in [0.15, 0.2) is 48.0 Å². The number of carboxylic acids is 1. The van der Waals surface area contributed by atoms with Crippen molar-refractivity contribution in [1.82, 2.24) is 9.88 Å². The summed E-state index contributed by atoms with van der Waals surface area (Å²) in [5.74, 6) is -2.62. The Hall–Kier alpha value is -4.17. The number of nitrogens with zero attached hydrogens (tertiary/aromatic N) is 2. The molecule has 0 aliphatic carbocycles. The highest BCUT2D eigenvalue weighted by atomic mass is 35.5. The van der Waals surface area contributed by atoms with Crippen LogP contribution in [0.25, 0.3) is 11.8 Å². The van der Waals surface area contributed by atoms with Gasteiger partial charge in [-0.2, -0.15) is 0 Å². The average molecular weight is 492 g/mol. The van der Waals surface area contributed by atoms with Gasteiger partial charge in [0.15, 0.2) is 0 Å². The minimum Gasteiger partial charge on any atom is -0.478 e. The number of aromatic nitrogens is 1. The summed E-state index contributed by atoms with van der Waals surface area (Å²) in [5, 5.41) is 11.9. The van der Waals surface area contributed by atoms with Crippen LogP contribution >= 0.6 is 11.6 Å². The molecule has 1 aromatic heterocycles. The standard InChI is InChI=1S/C26H22ClN3O5/c1-13-7-14(2)9-19(8-13)30-24(32)20(23(31)28-26(30)35)11-18-10-15(3)29(16(18)4)22-12-17(25(33)34)5-6-21(22)27/h5-12H,1-4H3,(H,33,34)(H,28,31,35)/b20-11+. The van der Waals surface area contributed by atoms with Gasteiger partial charge < -0.3 is 9.67 Å². The Kier molecular flexibility index (Phi) is 6.08. The van der Waals surface area contributed by atoms with E-state index in [0.29, 0.717) is 33.3 Å². The smallest absolute Gasteiger partial charge is 0.335 e. The number of aromatic carboxylic acids is 1. The molecule has 4 amide bonds. The van der Waals surface area contributed by atoms with E-state index < -0.39 is 23.8 Å². The van der Waals surface area contributed by atoms with Crippen LogP contribution in [0, 0.1) is 27.7 Å². The maximum Gasteiger partial charge on any atom is 0.335 e. The summed E-state index contributed by atoms with van der Waals surface area (Å²) in [4.78, 5) is 50.9. The zero-order valence-electron chi connectivity index (χ0n) is 19.5. The Morgan fingerprint density at radius 3 is 2.26 bits per heavy atom. The second-order valence-corrected chi connectivity index (χ2v) is 8.84. The van der Waals surface area contributed by atoms with Gasteiger partial charge in [-0.15, -0.1) is 0 Å². The number of carbonyl (C=O) groups is 4. The third-order valence-corrected chi connectivity index (χ3v) is 6.09. The lowest BCUT2D eigenvalue weighted by molar-refractivity contribution is -0.122. The first kappa shape index (κ1) is 24.0. The molecule has 2 aromatic carbocycles. The third kappa shape index (κ3) is 4.36. The SMILES string of the molecule is Cc1cc(C)cc(N2C(=O)NC(=O)/C(=C\c3cc(C)n(-c4cc(C(=O)O)ccc4Cl)c3C)C2=O)c1. The highest BCUT2D eigenvalue weighted by molar-refractivity contribution is 6.39. The van der Waals surface area contributed by atoms with E-state index in [1.54, 1.807) is 36.6 Å². The van der Waals surface area contributed by atoms with Gasteiger partial charge in [0.25, 0.3) is 11.8 Å². The lowest BCUT2D eigenvalue weighted by atomic mass is 10.1. The molecule has 0 spiro atoms. The number of carbonyl (C=O) groups excluding carboxylic acids is 3. The zero-order valence-corrected chi connectivity index (χ0v) is 20.2.